The second kappa shape index (κ2) is 12.5. The molecular weight excluding hydrogens is 550 g/mol. The van der Waals surface area contributed by atoms with Crippen LogP contribution in [0, 0.1) is 11.1 Å². The maximum absolute atomic E-state index is 13.6. The third-order valence-electron chi connectivity index (χ3n) is 8.13. The van der Waals surface area contributed by atoms with E-state index in [-0.39, 0.29) is 29.9 Å². The van der Waals surface area contributed by atoms with Crippen LogP contribution in [0.25, 0.3) is 6.08 Å². The molecule has 0 radical (unpaired) electrons. The lowest BCUT2D eigenvalue weighted by Gasteiger charge is -2.50. The number of quaternary nitrogens is 1. The molecular formula is C30H37NO11. The van der Waals surface area contributed by atoms with Gasteiger partial charge in [-0.1, -0.05) is 6.08 Å². The zero-order valence-corrected chi connectivity index (χ0v) is 24.7. The first kappa shape index (κ1) is 30.9. The zero-order valence-electron chi connectivity index (χ0n) is 24.7. The predicted octanol–water partition coefficient (Wildman–Crippen LogP) is 3.01. The van der Waals surface area contributed by atoms with Gasteiger partial charge in [0.2, 0.25) is 11.5 Å². The second-order valence-electron chi connectivity index (χ2n) is 10.3. The van der Waals surface area contributed by atoms with Crippen molar-refractivity contribution in [1.29, 1.82) is 0 Å². The number of piperidine rings is 1. The lowest BCUT2D eigenvalue weighted by Crippen LogP contribution is -2.57. The lowest BCUT2D eigenvalue weighted by molar-refractivity contribution is -0.906. The van der Waals surface area contributed by atoms with Crippen molar-refractivity contribution in [2.24, 2.45) is 5.92 Å². The predicted molar refractivity (Wildman–Crippen MR) is 151 cm³/mol. The van der Waals surface area contributed by atoms with Crippen LogP contribution in [0.3, 0.4) is 0 Å². The quantitative estimate of drug-likeness (QED) is 0.179. The Morgan fingerprint density at radius 3 is 1.76 bits per heavy atom. The van der Waals surface area contributed by atoms with E-state index in [1.807, 2.05) is 0 Å². The molecule has 2 saturated heterocycles. The third kappa shape index (κ3) is 5.57. The smallest absolute Gasteiger partial charge is 0.338 e. The first-order valence-corrected chi connectivity index (χ1v) is 13.3. The number of carbonyl (C=O) groups excluding carboxylic acids is 2. The number of hydrogen-bond donors (Lipinski definition) is 1. The lowest BCUT2D eigenvalue weighted by atomic mass is 9.90. The topological polar surface area (TPSA) is 142 Å². The molecule has 1 N–H and O–H groups in total. The summed E-state index contributed by atoms with van der Waals surface area (Å²) in [4.78, 5) is 26.5. The Bertz CT molecular complexity index is 1300. The normalized spacial score (nSPS) is 26.5. The molecule has 0 spiro atoms. The number of aliphatic hydroxyl groups is 1. The summed E-state index contributed by atoms with van der Waals surface area (Å²) < 4.78 is 37.0. The van der Waals surface area contributed by atoms with Crippen molar-refractivity contribution in [2.45, 2.75) is 37.1 Å². The number of hydroxylamine groups is 3. The van der Waals surface area contributed by atoms with Gasteiger partial charge in [-0.2, -0.15) is 0 Å². The van der Waals surface area contributed by atoms with Gasteiger partial charge in [-0.25, -0.2) is 4.79 Å². The summed E-state index contributed by atoms with van der Waals surface area (Å²) in [6.45, 7) is 0. The molecule has 2 aromatic carbocycles. The minimum Gasteiger partial charge on any atom is -0.633 e. The fourth-order valence-electron chi connectivity index (χ4n) is 6.03. The fourth-order valence-corrected chi connectivity index (χ4v) is 6.03. The molecule has 6 atom stereocenters. The SMILES string of the molecule is COc1cc(/C=C/C(=O)[C@@H]2C3C[C@@H](OC(=O)c4cc(OC)c(OC)c(OC)c4)CC([C@@H]2O)[N+]3(C)[O-])cc(OC)c1OC. The Morgan fingerprint density at radius 1 is 0.810 bits per heavy atom. The number of hydrogen-bond acceptors (Lipinski definition) is 11. The molecule has 0 aliphatic carbocycles. The molecule has 0 amide bonds. The molecule has 228 valence electrons. The number of aliphatic hydroxyl groups excluding tert-OH is 1. The molecule has 12 nitrogen and oxygen atoms in total. The van der Waals surface area contributed by atoms with E-state index in [1.54, 1.807) is 18.2 Å². The molecule has 3 unspecified atom stereocenters. The Balaban J connectivity index is 1.54. The average Bonchev–Trinajstić information content (AvgIpc) is 3.08. The van der Waals surface area contributed by atoms with Crippen LogP contribution in [-0.2, 0) is 9.53 Å². The van der Waals surface area contributed by atoms with Crippen molar-refractivity contribution in [1.82, 2.24) is 0 Å². The number of nitrogens with zero attached hydrogens (tertiary/aromatic N) is 1. The molecule has 12 heteroatoms. The van der Waals surface area contributed by atoms with Crippen molar-refractivity contribution in [3.8, 4) is 34.5 Å². The largest absolute Gasteiger partial charge is 0.633 e. The number of fused-ring (bicyclic) bond motifs is 2. The molecule has 2 aromatic rings. The van der Waals surface area contributed by atoms with Crippen LogP contribution >= 0.6 is 0 Å². The van der Waals surface area contributed by atoms with Crippen molar-refractivity contribution in [3.63, 3.8) is 0 Å². The molecule has 2 aliphatic rings. The van der Waals surface area contributed by atoms with Crippen molar-refractivity contribution < 1.29 is 52.5 Å². The number of likely N-dealkylation sites (N-methyl/N-ethyl adjacent to an activating group) is 1. The minimum atomic E-state index is -1.21. The molecule has 2 bridgehead atoms. The van der Waals surface area contributed by atoms with Gasteiger partial charge in [0.25, 0.3) is 0 Å². The molecule has 2 fully saturated rings. The van der Waals surface area contributed by atoms with Gasteiger partial charge in [0.15, 0.2) is 28.8 Å². The highest BCUT2D eigenvalue weighted by Gasteiger charge is 2.61. The molecule has 2 aliphatic heterocycles. The second-order valence-corrected chi connectivity index (χ2v) is 10.3. The number of benzene rings is 2. The Morgan fingerprint density at radius 2 is 1.29 bits per heavy atom. The standard InChI is InChI=1S/C30H37NO11/c1-31(35)19-14-18(42-30(34)17-12-24(38-4)29(41-7)25(13-17)39-5)15-20(31)27(33)26(19)21(32)9-8-16-10-22(36-2)28(40-6)23(11-16)37-3/h8-13,18-20,26-27,33H,14-15H2,1-7H3/b9-8+/t18-,19?,20?,26+,27+,31?/m1/s1. The first-order chi connectivity index (χ1) is 20.0. The van der Waals surface area contributed by atoms with Crippen molar-refractivity contribution in [3.05, 3.63) is 46.7 Å². The summed E-state index contributed by atoms with van der Waals surface area (Å²) in [7, 11) is 10.3. The van der Waals surface area contributed by atoms with Gasteiger partial charge in [0.05, 0.1) is 55.3 Å². The number of rotatable bonds is 11. The average molecular weight is 588 g/mol. The highest BCUT2D eigenvalue weighted by Crippen LogP contribution is 2.46. The van der Waals surface area contributed by atoms with Gasteiger partial charge in [-0.15, -0.1) is 0 Å². The van der Waals surface area contributed by atoms with E-state index in [0.29, 0.717) is 28.6 Å². The van der Waals surface area contributed by atoms with Crippen LogP contribution in [0.2, 0.25) is 0 Å². The van der Waals surface area contributed by atoms with Crippen LogP contribution in [0.1, 0.15) is 28.8 Å². The summed E-state index contributed by atoms with van der Waals surface area (Å²) in [6.07, 6.45) is 1.23. The maximum atomic E-state index is 13.6. The molecule has 2 heterocycles. The summed E-state index contributed by atoms with van der Waals surface area (Å²) in [5.74, 6) is 0.127. The van der Waals surface area contributed by atoms with E-state index in [2.05, 4.69) is 0 Å². The van der Waals surface area contributed by atoms with Gasteiger partial charge >= 0.3 is 5.97 Å². The Labute approximate surface area is 244 Å². The van der Waals surface area contributed by atoms with E-state index in [0.717, 1.165) is 0 Å². The summed E-state index contributed by atoms with van der Waals surface area (Å²) in [5.41, 5.74) is 0.771. The number of allylic oxidation sites excluding steroid dienone is 1. The Kier molecular flexibility index (Phi) is 9.19. The minimum absolute atomic E-state index is 0.105. The van der Waals surface area contributed by atoms with Gasteiger partial charge < -0.3 is 48.1 Å². The van der Waals surface area contributed by atoms with E-state index < -0.39 is 46.6 Å². The summed E-state index contributed by atoms with van der Waals surface area (Å²) in [5, 5.41) is 24.7. The van der Waals surface area contributed by atoms with E-state index >= 15 is 0 Å². The zero-order chi connectivity index (χ0) is 30.8. The molecule has 42 heavy (non-hydrogen) atoms. The van der Waals surface area contributed by atoms with Crippen LogP contribution < -0.4 is 28.4 Å². The molecule has 0 saturated carbocycles. The van der Waals surface area contributed by atoms with E-state index in [1.165, 1.54) is 67.9 Å². The number of methoxy groups -OCH3 is 6. The van der Waals surface area contributed by atoms with Gasteiger partial charge in [-0.05, 0) is 35.9 Å². The number of ether oxygens (including phenoxy) is 7. The number of esters is 1. The molecule has 4 rings (SSSR count). The number of ketones is 1. The maximum Gasteiger partial charge on any atom is 0.338 e. The summed E-state index contributed by atoms with van der Waals surface area (Å²) >= 11 is 0. The highest BCUT2D eigenvalue weighted by molar-refractivity contribution is 5.96. The van der Waals surface area contributed by atoms with Crippen LogP contribution in [0.5, 0.6) is 34.5 Å². The van der Waals surface area contributed by atoms with Crippen LogP contribution in [0.4, 0.5) is 0 Å². The van der Waals surface area contributed by atoms with Gasteiger partial charge in [-0.3, -0.25) is 4.79 Å². The fraction of sp³-hybridized carbons (Fsp3) is 0.467. The monoisotopic (exact) mass is 587 g/mol. The van der Waals surface area contributed by atoms with Gasteiger partial charge in [0, 0.05) is 12.8 Å². The first-order valence-electron chi connectivity index (χ1n) is 13.3. The van der Waals surface area contributed by atoms with E-state index in [9.17, 15) is 19.9 Å². The van der Waals surface area contributed by atoms with Crippen LogP contribution in [0.15, 0.2) is 30.3 Å². The van der Waals surface area contributed by atoms with Crippen molar-refractivity contribution >= 4 is 17.8 Å². The highest BCUT2D eigenvalue weighted by atomic mass is 16.6. The van der Waals surface area contributed by atoms with Crippen molar-refractivity contribution in [2.75, 3.05) is 49.7 Å². The Hall–Kier alpha value is -4.00. The van der Waals surface area contributed by atoms with Crippen LogP contribution in [-0.4, -0.2) is 95.5 Å². The third-order valence-corrected chi connectivity index (χ3v) is 8.13. The summed E-state index contributed by atoms with van der Waals surface area (Å²) in [6, 6.07) is 4.66. The van der Waals surface area contributed by atoms with Gasteiger partial charge in [0.1, 0.15) is 30.2 Å². The van der Waals surface area contributed by atoms with E-state index in [4.69, 9.17) is 33.2 Å². The molecule has 0 aromatic heterocycles. The number of carbonyl (C=O) groups is 2.